The summed E-state index contributed by atoms with van der Waals surface area (Å²) in [6, 6.07) is 2.44. The number of phenolic OH excluding ortho intramolecular Hbond substituents is 2. The van der Waals surface area contributed by atoms with Crippen LogP contribution in [0.15, 0.2) is 60.7 Å². The monoisotopic (exact) mass is 1190 g/mol. The Morgan fingerprint density at radius 2 is 0.889 bits per heavy atom. The molecule has 2 atom stereocenters. The number of carbonyl (C=O) groups is 7. The molecule has 0 aliphatic heterocycles. The van der Waals surface area contributed by atoms with Crippen molar-refractivity contribution < 1.29 is 102 Å². The van der Waals surface area contributed by atoms with Crippen molar-refractivity contribution in [3.63, 3.8) is 0 Å². The lowest BCUT2D eigenvalue weighted by Crippen LogP contribution is -2.45. The van der Waals surface area contributed by atoms with Gasteiger partial charge >= 0.3 is 42.0 Å². The zero-order valence-corrected chi connectivity index (χ0v) is 47.1. The third-order valence-corrected chi connectivity index (χ3v) is 10.4. The number of amides is 2. The van der Waals surface area contributed by atoms with Gasteiger partial charge in [-0.2, -0.15) is 23.5 Å². The Morgan fingerprint density at radius 3 is 1.11 bits per heavy atom. The van der Waals surface area contributed by atoms with Crippen LogP contribution in [0.4, 0.5) is 21.0 Å². The number of nitrogens with zero attached hydrogens (tertiary/aromatic N) is 2. The number of hydrogen-bond acceptors (Lipinski definition) is 25. The summed E-state index contributed by atoms with van der Waals surface area (Å²) >= 11 is 2.23. The summed E-state index contributed by atoms with van der Waals surface area (Å²) in [6.07, 6.45) is -1.60. The molecule has 0 aliphatic rings. The minimum atomic E-state index is -1.03. The summed E-state index contributed by atoms with van der Waals surface area (Å²) < 4.78 is 38.3. The molecule has 27 nitrogen and oxygen atoms in total. The molecule has 2 aromatic carbocycles. The van der Waals surface area contributed by atoms with E-state index < -0.39 is 69.2 Å². The van der Waals surface area contributed by atoms with E-state index in [1.165, 1.54) is 47.3 Å². The van der Waals surface area contributed by atoms with Gasteiger partial charge in [0.05, 0.1) is 56.5 Å². The van der Waals surface area contributed by atoms with Gasteiger partial charge in [-0.1, -0.05) is 42.0 Å². The van der Waals surface area contributed by atoms with E-state index in [1.807, 2.05) is 0 Å². The first-order valence-corrected chi connectivity index (χ1v) is 25.0. The summed E-state index contributed by atoms with van der Waals surface area (Å²) in [5, 5.41) is 65.1. The first kappa shape index (κ1) is 82.2. The Kier molecular flexibility index (Phi) is 42.0. The van der Waals surface area contributed by atoms with Crippen LogP contribution in [-0.2, 0) is 63.9 Å². The number of phenols is 2. The SMILES string of the molecule is C.C.C.C=C(C)C(=O)OC.C=C(C)C(=O)OC(=O)C(=C)C.COC(=O)C(CSCc1cc(O)c(OCCO)cc1[N+](=O)[O-])NC(=O)OC(C)(C)C.COC(=O)C(CSCc1cc(O)c(OCCO)cc1[N+](=O)[O-])NC(=O)OC(C)(C)C. The molecule has 0 aromatic heterocycles. The van der Waals surface area contributed by atoms with Crippen LogP contribution in [0.25, 0.3) is 0 Å². The smallest absolute Gasteiger partial charge is 0.408 e. The highest BCUT2D eigenvalue weighted by Gasteiger charge is 2.28. The predicted molar refractivity (Wildman–Crippen MR) is 305 cm³/mol. The van der Waals surface area contributed by atoms with E-state index in [9.17, 15) is 64.0 Å². The predicted octanol–water partition coefficient (Wildman–Crippen LogP) is 7.79. The summed E-state index contributed by atoms with van der Waals surface area (Å²) in [6.45, 7) is 23.7. The van der Waals surface area contributed by atoms with Gasteiger partial charge < -0.3 is 69.0 Å². The minimum absolute atomic E-state index is 0. The number of methoxy groups -OCH3 is 3. The first-order chi connectivity index (χ1) is 36.1. The molecule has 2 amide bonds. The highest BCUT2D eigenvalue weighted by Crippen LogP contribution is 2.37. The largest absolute Gasteiger partial charge is 0.504 e. The van der Waals surface area contributed by atoms with Gasteiger partial charge in [-0.25, -0.2) is 33.6 Å². The molecule has 0 fully saturated rings. The van der Waals surface area contributed by atoms with Crippen LogP contribution >= 0.6 is 23.5 Å². The fourth-order valence-electron chi connectivity index (χ4n) is 4.84. The molecular formula is C52H82N4O23S2. The molecule has 0 saturated heterocycles. The molecular weight excluding hydrogens is 1110 g/mol. The number of hydrogen-bond donors (Lipinski definition) is 6. The van der Waals surface area contributed by atoms with Gasteiger partial charge in [0.15, 0.2) is 23.0 Å². The average Bonchev–Trinajstić information content (AvgIpc) is 3.33. The quantitative estimate of drug-likeness (QED) is 0.0154. The van der Waals surface area contributed by atoms with Crippen LogP contribution < -0.4 is 20.1 Å². The van der Waals surface area contributed by atoms with Crippen molar-refractivity contribution in [2.45, 2.75) is 119 Å². The van der Waals surface area contributed by atoms with Crippen LogP contribution in [0.3, 0.4) is 0 Å². The maximum absolute atomic E-state index is 11.9. The fraction of sp³-hybridized carbons (Fsp3) is 0.519. The van der Waals surface area contributed by atoms with Gasteiger partial charge in [0.1, 0.15) is 36.5 Å². The number of aromatic hydroxyl groups is 2. The number of esters is 5. The number of benzene rings is 2. The van der Waals surface area contributed by atoms with E-state index in [0.717, 1.165) is 35.7 Å². The second-order valence-corrected chi connectivity index (χ2v) is 19.6. The van der Waals surface area contributed by atoms with Gasteiger partial charge in [-0.05, 0) is 74.4 Å². The molecule has 81 heavy (non-hydrogen) atoms. The first-order valence-electron chi connectivity index (χ1n) is 22.7. The van der Waals surface area contributed by atoms with Crippen molar-refractivity contribution in [2.75, 3.05) is 59.3 Å². The lowest BCUT2D eigenvalue weighted by atomic mass is 10.2. The van der Waals surface area contributed by atoms with Crippen molar-refractivity contribution in [2.24, 2.45) is 0 Å². The standard InChI is InChI=1S/2C18H26N2O9S.C8H10O3.C5H8O2.3CH4/c2*1-18(2,3)29-17(24)19-12(16(23)27-4)10-30-9-11-7-14(22)15(28-6-5-21)8-13(11)20(25)26;1-5(2)7(9)11-8(10)6(3)4;1-4(2)5(6)7-3;;;/h2*7-8,12,21-22H,5-6,9-10H2,1-4H3,(H,19,24);1,3H2,2,4H3;1H2,2-3H3;3*1H4. The summed E-state index contributed by atoms with van der Waals surface area (Å²) in [4.78, 5) is 101. The molecule has 6 N–H and O–H groups in total. The number of ether oxygens (including phenoxy) is 8. The van der Waals surface area contributed by atoms with Gasteiger partial charge in [0.25, 0.3) is 11.4 Å². The Labute approximate surface area is 481 Å². The van der Waals surface area contributed by atoms with Crippen LogP contribution in [0, 0.1) is 20.2 Å². The van der Waals surface area contributed by atoms with Gasteiger partial charge in [-0.15, -0.1) is 0 Å². The molecule has 2 rings (SSSR count). The summed E-state index contributed by atoms with van der Waals surface area (Å²) in [5.41, 5.74) is -0.877. The Hall–Kier alpha value is -7.63. The van der Waals surface area contributed by atoms with Crippen molar-refractivity contribution in [1.82, 2.24) is 10.6 Å². The number of aliphatic hydroxyl groups is 2. The normalized spacial score (nSPS) is 10.7. The van der Waals surface area contributed by atoms with Gasteiger partial charge in [0.2, 0.25) is 0 Å². The van der Waals surface area contributed by atoms with Crippen molar-refractivity contribution in [3.05, 3.63) is 92.1 Å². The topological polar surface area (TPSA) is 385 Å². The molecule has 0 radical (unpaired) electrons. The number of aliphatic hydroxyl groups excluding tert-OH is 2. The molecule has 29 heteroatoms. The number of thioether (sulfide) groups is 2. The minimum Gasteiger partial charge on any atom is -0.504 e. The highest BCUT2D eigenvalue weighted by molar-refractivity contribution is 7.98. The van der Waals surface area contributed by atoms with E-state index in [2.05, 4.69) is 49.3 Å². The van der Waals surface area contributed by atoms with Gasteiger partial charge in [0, 0.05) is 50.9 Å². The van der Waals surface area contributed by atoms with Crippen LogP contribution in [0.2, 0.25) is 0 Å². The van der Waals surface area contributed by atoms with E-state index in [0.29, 0.717) is 5.57 Å². The lowest BCUT2D eigenvalue weighted by molar-refractivity contribution is -0.385. The molecule has 2 aromatic rings. The molecule has 0 saturated carbocycles. The zero-order chi connectivity index (χ0) is 60.7. The second-order valence-electron chi connectivity index (χ2n) is 17.5. The number of carbonyl (C=O) groups excluding carboxylic acids is 7. The Bertz CT molecular complexity index is 2280. The molecule has 2 unspecified atom stereocenters. The Balaban J connectivity index is -0.000000355. The third kappa shape index (κ3) is 35.6. The van der Waals surface area contributed by atoms with E-state index >= 15 is 0 Å². The maximum atomic E-state index is 11.9. The zero-order valence-electron chi connectivity index (χ0n) is 45.5. The van der Waals surface area contributed by atoms with Crippen molar-refractivity contribution in [1.29, 1.82) is 0 Å². The van der Waals surface area contributed by atoms with E-state index in [-0.39, 0.29) is 134 Å². The lowest BCUT2D eigenvalue weighted by Gasteiger charge is -2.22. The highest BCUT2D eigenvalue weighted by atomic mass is 32.2. The number of alkyl carbamates (subject to hydrolysis) is 2. The van der Waals surface area contributed by atoms with Crippen LogP contribution in [0.5, 0.6) is 23.0 Å². The van der Waals surface area contributed by atoms with E-state index in [1.54, 1.807) is 48.5 Å². The van der Waals surface area contributed by atoms with E-state index in [4.69, 9.17) is 29.2 Å². The summed E-state index contributed by atoms with van der Waals surface area (Å²) in [7, 11) is 3.67. The molecule has 0 spiro atoms. The fourth-order valence-corrected chi connectivity index (χ4v) is 6.89. The maximum Gasteiger partial charge on any atom is 0.408 e. The van der Waals surface area contributed by atoms with Crippen LogP contribution in [-0.4, -0.2) is 155 Å². The number of nitro benzene ring substituents is 2. The molecule has 460 valence electrons. The molecule has 0 aliphatic carbocycles. The average molecular weight is 1200 g/mol. The molecule has 0 heterocycles. The van der Waals surface area contributed by atoms with Gasteiger partial charge in [-0.3, -0.25) is 20.2 Å². The van der Waals surface area contributed by atoms with Crippen LogP contribution in [0.1, 0.15) is 95.7 Å². The van der Waals surface area contributed by atoms with Crippen molar-refractivity contribution >= 4 is 76.9 Å². The number of nitro groups is 2. The number of rotatable bonds is 23. The Morgan fingerprint density at radius 1 is 0.580 bits per heavy atom. The third-order valence-electron chi connectivity index (χ3n) is 8.27. The number of nitrogens with one attached hydrogen (secondary N) is 2. The summed E-state index contributed by atoms with van der Waals surface area (Å²) in [5.74, 6) is -3.82. The molecule has 0 bridgehead atoms. The van der Waals surface area contributed by atoms with Crippen molar-refractivity contribution in [3.8, 4) is 23.0 Å². The second kappa shape index (κ2) is 41.4.